The van der Waals surface area contributed by atoms with Gasteiger partial charge in [-0.2, -0.15) is 13.2 Å². The number of hydrogen-bond acceptors (Lipinski definition) is 2. The van der Waals surface area contributed by atoms with Gasteiger partial charge in [0, 0.05) is 10.0 Å². The third-order valence-electron chi connectivity index (χ3n) is 3.03. The van der Waals surface area contributed by atoms with Crippen molar-refractivity contribution in [1.29, 1.82) is 0 Å². The first-order valence-electron chi connectivity index (χ1n) is 6.27. The van der Waals surface area contributed by atoms with Gasteiger partial charge in [-0.05, 0) is 42.8 Å². The molecule has 2 aromatic rings. The van der Waals surface area contributed by atoms with Crippen LogP contribution in [0.4, 0.5) is 18.9 Å². The lowest BCUT2D eigenvalue weighted by atomic mass is 10.2. The van der Waals surface area contributed by atoms with Crippen molar-refractivity contribution in [1.82, 2.24) is 0 Å². The van der Waals surface area contributed by atoms with Crippen LogP contribution in [-0.4, -0.2) is 8.42 Å². The zero-order valence-corrected chi connectivity index (χ0v) is 15.0. The van der Waals surface area contributed by atoms with Gasteiger partial charge in [0.15, 0.2) is 0 Å². The van der Waals surface area contributed by atoms with Crippen LogP contribution in [0.5, 0.6) is 0 Å². The maximum Gasteiger partial charge on any atom is 0.418 e. The topological polar surface area (TPSA) is 46.2 Å². The molecule has 130 valence electrons. The number of alkyl halides is 3. The molecule has 3 nitrogen and oxygen atoms in total. The molecule has 0 radical (unpaired) electrons. The Morgan fingerprint density at radius 1 is 1.00 bits per heavy atom. The molecule has 10 heteroatoms. The molecule has 0 aliphatic carbocycles. The average Bonchev–Trinajstić information content (AvgIpc) is 2.43. The van der Waals surface area contributed by atoms with Gasteiger partial charge in [0.25, 0.3) is 10.0 Å². The molecular formula is C14H9Cl3F3NO2S. The Kier molecular flexibility index (Phi) is 5.30. The first-order valence-corrected chi connectivity index (χ1v) is 8.89. The van der Waals surface area contributed by atoms with Gasteiger partial charge in [0.1, 0.15) is 4.90 Å². The summed E-state index contributed by atoms with van der Waals surface area (Å²) in [6, 6.07) is 5.09. The minimum Gasteiger partial charge on any atom is -0.279 e. The highest BCUT2D eigenvalue weighted by atomic mass is 35.5. The number of rotatable bonds is 3. The van der Waals surface area contributed by atoms with Crippen LogP contribution in [0.1, 0.15) is 11.1 Å². The second-order valence-corrected chi connectivity index (χ2v) is 7.73. The van der Waals surface area contributed by atoms with E-state index in [0.29, 0.717) is 11.6 Å². The van der Waals surface area contributed by atoms with E-state index in [0.717, 1.165) is 12.1 Å². The van der Waals surface area contributed by atoms with E-state index in [1.165, 1.54) is 12.1 Å². The van der Waals surface area contributed by atoms with E-state index in [-0.39, 0.29) is 20.0 Å². The Morgan fingerprint density at radius 2 is 1.62 bits per heavy atom. The van der Waals surface area contributed by atoms with E-state index >= 15 is 0 Å². The zero-order valence-electron chi connectivity index (χ0n) is 11.9. The fourth-order valence-corrected chi connectivity index (χ4v) is 3.96. The molecule has 0 saturated heterocycles. The molecule has 0 amide bonds. The molecule has 0 spiro atoms. The number of benzene rings is 2. The van der Waals surface area contributed by atoms with Crippen LogP contribution < -0.4 is 4.72 Å². The van der Waals surface area contributed by atoms with Gasteiger partial charge in [-0.15, -0.1) is 0 Å². The van der Waals surface area contributed by atoms with Gasteiger partial charge in [-0.25, -0.2) is 8.42 Å². The molecule has 2 rings (SSSR count). The number of hydrogen-bond donors (Lipinski definition) is 1. The van der Waals surface area contributed by atoms with Gasteiger partial charge >= 0.3 is 6.18 Å². The molecule has 0 bridgehead atoms. The summed E-state index contributed by atoms with van der Waals surface area (Å²) >= 11 is 17.3. The van der Waals surface area contributed by atoms with Crippen molar-refractivity contribution in [2.45, 2.75) is 18.0 Å². The molecule has 0 aromatic heterocycles. The third kappa shape index (κ3) is 4.08. The standard InChI is InChI=1S/C14H9Cl3F3NO2S/c1-7-4-13(11(17)6-10(7)16)24(22,23)21-12-3-2-8(15)5-9(12)14(18,19)20/h2-6,21H,1H3. The number of sulfonamides is 1. The minimum atomic E-state index is -4.79. The lowest BCUT2D eigenvalue weighted by Crippen LogP contribution is -2.17. The van der Waals surface area contributed by atoms with Gasteiger partial charge in [-0.3, -0.25) is 4.72 Å². The Bertz CT molecular complexity index is 899. The van der Waals surface area contributed by atoms with Crippen molar-refractivity contribution in [3.63, 3.8) is 0 Å². The number of anilines is 1. The predicted octanol–water partition coefficient (Wildman–Crippen LogP) is 5.77. The zero-order chi connectivity index (χ0) is 18.3. The molecule has 0 fully saturated rings. The number of halogens is 6. The van der Waals surface area contributed by atoms with Crippen molar-refractivity contribution in [3.05, 3.63) is 56.5 Å². The number of nitrogens with one attached hydrogen (secondary N) is 1. The fraction of sp³-hybridized carbons (Fsp3) is 0.143. The fourth-order valence-electron chi connectivity index (χ4n) is 1.88. The first kappa shape index (κ1) is 19.2. The summed E-state index contributed by atoms with van der Waals surface area (Å²) in [5.41, 5.74) is -1.45. The Morgan fingerprint density at radius 3 is 2.21 bits per heavy atom. The third-order valence-corrected chi connectivity index (χ3v) is 5.51. The lowest BCUT2D eigenvalue weighted by molar-refractivity contribution is -0.136. The Balaban J connectivity index is 2.54. The quantitative estimate of drug-likeness (QED) is 0.687. The van der Waals surface area contributed by atoms with E-state index in [4.69, 9.17) is 34.8 Å². The van der Waals surface area contributed by atoms with Crippen molar-refractivity contribution in [3.8, 4) is 0 Å². The van der Waals surface area contributed by atoms with Crippen LogP contribution in [0.3, 0.4) is 0 Å². The average molecular weight is 419 g/mol. The van der Waals surface area contributed by atoms with E-state index < -0.39 is 27.5 Å². The van der Waals surface area contributed by atoms with Crippen LogP contribution in [0.15, 0.2) is 35.2 Å². The summed E-state index contributed by atoms with van der Waals surface area (Å²) < 4.78 is 65.9. The highest BCUT2D eigenvalue weighted by Crippen LogP contribution is 2.38. The molecule has 0 unspecified atom stereocenters. The van der Waals surface area contributed by atoms with Crippen molar-refractivity contribution < 1.29 is 21.6 Å². The van der Waals surface area contributed by atoms with Gasteiger partial charge in [0.2, 0.25) is 0 Å². The molecule has 0 atom stereocenters. The largest absolute Gasteiger partial charge is 0.418 e. The van der Waals surface area contributed by atoms with E-state index in [1.54, 1.807) is 6.92 Å². The van der Waals surface area contributed by atoms with Crippen molar-refractivity contribution in [2.24, 2.45) is 0 Å². The maximum absolute atomic E-state index is 13.1. The van der Waals surface area contributed by atoms with E-state index in [1.807, 2.05) is 4.72 Å². The normalized spacial score (nSPS) is 12.3. The van der Waals surface area contributed by atoms with Crippen LogP contribution in [0.2, 0.25) is 15.1 Å². The van der Waals surface area contributed by atoms with Crippen LogP contribution in [0.25, 0.3) is 0 Å². The molecule has 1 N–H and O–H groups in total. The summed E-state index contributed by atoms with van der Waals surface area (Å²) in [4.78, 5) is -0.380. The van der Waals surface area contributed by atoms with Crippen LogP contribution >= 0.6 is 34.8 Å². The second kappa shape index (κ2) is 6.63. The SMILES string of the molecule is Cc1cc(S(=O)(=O)Nc2ccc(Cl)cc2C(F)(F)F)c(Cl)cc1Cl. The summed E-state index contributed by atoms with van der Waals surface area (Å²) in [6.07, 6.45) is -4.79. The summed E-state index contributed by atoms with van der Waals surface area (Å²) in [6.45, 7) is 1.54. The van der Waals surface area contributed by atoms with Crippen molar-refractivity contribution in [2.75, 3.05) is 4.72 Å². The maximum atomic E-state index is 13.1. The van der Waals surface area contributed by atoms with Crippen LogP contribution in [0, 0.1) is 6.92 Å². The molecular weight excluding hydrogens is 410 g/mol. The molecule has 0 saturated carbocycles. The summed E-state index contributed by atoms with van der Waals surface area (Å²) in [5.74, 6) is 0. The molecule has 24 heavy (non-hydrogen) atoms. The molecule has 0 heterocycles. The van der Waals surface area contributed by atoms with E-state index in [9.17, 15) is 21.6 Å². The van der Waals surface area contributed by atoms with Crippen molar-refractivity contribution >= 4 is 50.5 Å². The smallest absolute Gasteiger partial charge is 0.279 e. The van der Waals surface area contributed by atoms with Gasteiger partial charge in [-0.1, -0.05) is 34.8 Å². The molecule has 0 aliphatic rings. The highest BCUT2D eigenvalue weighted by molar-refractivity contribution is 7.92. The number of aryl methyl sites for hydroxylation is 1. The summed E-state index contributed by atoms with van der Waals surface area (Å²) in [5, 5.41) is -0.146. The molecule has 2 aromatic carbocycles. The Labute approximate surface area is 151 Å². The minimum absolute atomic E-state index is 0.175. The van der Waals surface area contributed by atoms with Gasteiger partial charge in [0.05, 0.1) is 16.3 Å². The monoisotopic (exact) mass is 417 g/mol. The highest BCUT2D eigenvalue weighted by Gasteiger charge is 2.35. The van der Waals surface area contributed by atoms with Crippen LogP contribution in [-0.2, 0) is 16.2 Å². The summed E-state index contributed by atoms with van der Waals surface area (Å²) in [7, 11) is -4.36. The first-order chi connectivity index (χ1) is 10.9. The van der Waals surface area contributed by atoms with E-state index in [2.05, 4.69) is 0 Å². The van der Waals surface area contributed by atoms with Gasteiger partial charge < -0.3 is 0 Å². The predicted molar refractivity (Wildman–Crippen MR) is 88.5 cm³/mol. The lowest BCUT2D eigenvalue weighted by Gasteiger charge is -2.16. The molecule has 0 aliphatic heterocycles. The second-order valence-electron chi connectivity index (χ2n) is 4.82. The Hall–Kier alpha value is -1.15.